The Morgan fingerprint density at radius 1 is 0.560 bits per heavy atom. The average molecular weight is 349 g/mol. The van der Waals surface area contributed by atoms with Crippen LogP contribution in [0.3, 0.4) is 0 Å². The van der Waals surface area contributed by atoms with Gasteiger partial charge in [0.25, 0.3) is 0 Å². The van der Waals surface area contributed by atoms with E-state index in [1.54, 1.807) is 0 Å². The quantitative estimate of drug-likeness (QED) is 0.593. The summed E-state index contributed by atoms with van der Waals surface area (Å²) in [6.07, 6.45) is 0. The van der Waals surface area contributed by atoms with Gasteiger partial charge >= 0.3 is 0 Å². The van der Waals surface area contributed by atoms with Crippen molar-refractivity contribution in [2.75, 3.05) is 0 Å². The number of benzene rings is 2. The Hall–Kier alpha value is -2.00. The largest absolute Gasteiger partial charge is 0.181 e. The number of nitrogens with zero attached hydrogens (tertiary/aromatic N) is 2. The van der Waals surface area contributed by atoms with E-state index < -0.39 is 8.07 Å². The predicted molar refractivity (Wildman–Crippen MR) is 111 cm³/mol. The molecule has 0 unspecified atom stereocenters. The topological polar surface area (TPSA) is 24.7 Å². The maximum Gasteiger partial charge on any atom is 0.181 e. The molecule has 2 aromatic carbocycles. The van der Waals surface area contributed by atoms with Crippen molar-refractivity contribution in [3.63, 3.8) is 0 Å². The highest BCUT2D eigenvalue weighted by molar-refractivity contribution is 7.32. The summed E-state index contributed by atoms with van der Waals surface area (Å²) in [5, 5.41) is 12.2. The van der Waals surface area contributed by atoms with Gasteiger partial charge in [0.2, 0.25) is 0 Å². The molecule has 2 aromatic rings. The SMILES string of the molecule is CC(C)(C)[Si]1(C(C)(C)C)C(c2ccccc2)=NN=C1c1ccccc1. The molecule has 0 saturated heterocycles. The van der Waals surface area contributed by atoms with Crippen LogP contribution in [0.15, 0.2) is 70.9 Å². The third kappa shape index (κ3) is 2.71. The maximum absolute atomic E-state index is 4.82. The average Bonchev–Trinajstić information content (AvgIpc) is 2.98. The van der Waals surface area contributed by atoms with Crippen molar-refractivity contribution in [2.24, 2.45) is 10.2 Å². The number of rotatable bonds is 2. The molecule has 0 N–H and O–H groups in total. The van der Waals surface area contributed by atoms with Crippen LogP contribution < -0.4 is 0 Å². The van der Waals surface area contributed by atoms with E-state index in [2.05, 4.69) is 102 Å². The van der Waals surface area contributed by atoms with Crippen molar-refractivity contribution in [3.8, 4) is 0 Å². The molecule has 0 radical (unpaired) electrons. The van der Waals surface area contributed by atoms with Crippen LogP contribution in [0, 0.1) is 0 Å². The van der Waals surface area contributed by atoms with Crippen molar-refractivity contribution in [1.82, 2.24) is 0 Å². The predicted octanol–water partition coefficient (Wildman–Crippen LogP) is 6.02. The molecule has 3 rings (SSSR count). The third-order valence-corrected chi connectivity index (χ3v) is 12.0. The Bertz CT molecular complexity index is 735. The van der Waals surface area contributed by atoms with Gasteiger partial charge in [-0.15, -0.1) is 0 Å². The first-order valence-electron chi connectivity index (χ1n) is 8.97. The summed E-state index contributed by atoms with van der Waals surface area (Å²) >= 11 is 0. The molecular weight excluding hydrogens is 320 g/mol. The molecule has 0 atom stereocenters. The lowest BCUT2D eigenvalue weighted by molar-refractivity contribution is 0.645. The second-order valence-electron chi connectivity index (χ2n) is 8.88. The zero-order valence-electron chi connectivity index (χ0n) is 16.2. The van der Waals surface area contributed by atoms with E-state index >= 15 is 0 Å². The highest BCUT2D eigenvalue weighted by atomic mass is 28.3. The van der Waals surface area contributed by atoms with E-state index in [-0.39, 0.29) is 10.1 Å². The maximum atomic E-state index is 4.82. The van der Waals surface area contributed by atoms with Gasteiger partial charge < -0.3 is 0 Å². The summed E-state index contributed by atoms with van der Waals surface area (Å²) in [5.41, 5.74) is 2.43. The molecule has 3 heteroatoms. The van der Waals surface area contributed by atoms with Crippen molar-refractivity contribution in [1.29, 1.82) is 0 Å². The lowest BCUT2D eigenvalue weighted by atomic mass is 10.2. The molecule has 0 saturated carbocycles. The minimum atomic E-state index is -2.28. The van der Waals surface area contributed by atoms with Gasteiger partial charge in [-0.1, -0.05) is 102 Å². The van der Waals surface area contributed by atoms with Gasteiger partial charge in [-0.2, -0.15) is 10.2 Å². The van der Waals surface area contributed by atoms with Gasteiger partial charge in [0.05, 0.1) is 10.7 Å². The number of hydrogen-bond acceptors (Lipinski definition) is 2. The molecule has 1 aliphatic rings. The minimum absolute atomic E-state index is 0.0884. The van der Waals surface area contributed by atoms with Crippen LogP contribution in [0.1, 0.15) is 52.7 Å². The van der Waals surface area contributed by atoms with Gasteiger partial charge in [-0.05, 0) is 21.2 Å². The third-order valence-electron chi connectivity index (χ3n) is 5.30. The van der Waals surface area contributed by atoms with Gasteiger partial charge in [0.15, 0.2) is 8.07 Å². The summed E-state index contributed by atoms with van der Waals surface area (Å²) in [6.45, 7) is 14.2. The standard InChI is InChI=1S/C22H28N2Si/c1-21(2,3)25(22(4,5)6)19(17-13-9-7-10-14-17)23-24-20(25)18-15-11-8-12-16-18/h7-16H,1-6H3. The van der Waals surface area contributed by atoms with Crippen LogP contribution in [0.5, 0.6) is 0 Å². The van der Waals surface area contributed by atoms with Crippen LogP contribution >= 0.6 is 0 Å². The molecule has 0 bridgehead atoms. The van der Waals surface area contributed by atoms with Crippen LogP contribution in [0.2, 0.25) is 10.1 Å². The van der Waals surface area contributed by atoms with Crippen molar-refractivity contribution in [2.45, 2.75) is 51.6 Å². The molecule has 0 aliphatic carbocycles. The summed E-state index contributed by atoms with van der Waals surface area (Å²) in [7, 11) is -2.28. The molecule has 0 amide bonds. The molecule has 2 nitrogen and oxygen atoms in total. The van der Waals surface area contributed by atoms with E-state index in [9.17, 15) is 0 Å². The summed E-state index contributed by atoms with van der Waals surface area (Å²) in [4.78, 5) is 0. The monoisotopic (exact) mass is 348 g/mol. The van der Waals surface area contributed by atoms with Crippen LogP contribution in [-0.4, -0.2) is 18.7 Å². The lowest BCUT2D eigenvalue weighted by Gasteiger charge is -2.50. The normalized spacial score (nSPS) is 17.2. The molecule has 1 aliphatic heterocycles. The number of hydrogen-bond donors (Lipinski definition) is 0. The molecule has 0 fully saturated rings. The fourth-order valence-electron chi connectivity index (χ4n) is 4.65. The van der Waals surface area contributed by atoms with Crippen LogP contribution in [0.25, 0.3) is 0 Å². The molecule has 0 spiro atoms. The smallest absolute Gasteiger partial charge is 0.160 e. The summed E-state index contributed by atoms with van der Waals surface area (Å²) in [5.74, 6) is 0. The second kappa shape index (κ2) is 6.06. The highest BCUT2D eigenvalue weighted by Gasteiger charge is 2.62. The van der Waals surface area contributed by atoms with Gasteiger partial charge in [0.1, 0.15) is 0 Å². The van der Waals surface area contributed by atoms with Gasteiger partial charge in [-0.3, -0.25) is 0 Å². The molecular formula is C22H28N2Si. The van der Waals surface area contributed by atoms with Crippen LogP contribution in [-0.2, 0) is 0 Å². The first-order chi connectivity index (χ1) is 11.7. The lowest BCUT2D eigenvalue weighted by Crippen LogP contribution is -2.63. The van der Waals surface area contributed by atoms with Crippen molar-refractivity contribution >= 4 is 18.7 Å². The summed E-state index contributed by atoms with van der Waals surface area (Å²) in [6, 6.07) is 21.3. The summed E-state index contributed by atoms with van der Waals surface area (Å²) < 4.78 is 0. The van der Waals surface area contributed by atoms with E-state index in [4.69, 9.17) is 10.2 Å². The molecule has 1 heterocycles. The zero-order chi connectivity index (χ0) is 18.3. The highest BCUT2D eigenvalue weighted by Crippen LogP contribution is 2.55. The second-order valence-corrected chi connectivity index (χ2v) is 14.3. The first kappa shape index (κ1) is 17.8. The van der Waals surface area contributed by atoms with E-state index in [1.807, 2.05) is 0 Å². The fraction of sp³-hybridized carbons (Fsp3) is 0.364. The minimum Gasteiger partial charge on any atom is -0.160 e. The fourth-order valence-corrected chi connectivity index (χ4v) is 11.6. The Balaban J connectivity index is 2.30. The Morgan fingerprint density at radius 2 is 0.880 bits per heavy atom. The Labute approximate surface area is 152 Å². The molecule has 25 heavy (non-hydrogen) atoms. The molecule has 130 valence electrons. The van der Waals surface area contributed by atoms with Crippen molar-refractivity contribution < 1.29 is 0 Å². The molecule has 0 aromatic heterocycles. The van der Waals surface area contributed by atoms with E-state index in [0.717, 1.165) is 0 Å². The van der Waals surface area contributed by atoms with E-state index in [0.29, 0.717) is 0 Å². The van der Waals surface area contributed by atoms with Gasteiger partial charge in [0, 0.05) is 0 Å². The van der Waals surface area contributed by atoms with Crippen LogP contribution in [0.4, 0.5) is 0 Å². The Morgan fingerprint density at radius 3 is 1.16 bits per heavy atom. The Kier molecular flexibility index (Phi) is 4.32. The van der Waals surface area contributed by atoms with E-state index in [1.165, 1.54) is 21.8 Å². The van der Waals surface area contributed by atoms with Crippen molar-refractivity contribution in [3.05, 3.63) is 71.8 Å². The van der Waals surface area contributed by atoms with Gasteiger partial charge in [-0.25, -0.2) is 0 Å². The zero-order valence-corrected chi connectivity index (χ0v) is 17.2. The first-order valence-corrected chi connectivity index (χ1v) is 11.0.